The first-order valence-corrected chi connectivity index (χ1v) is 6.19. The van der Waals surface area contributed by atoms with Crippen LogP contribution in [0.1, 0.15) is 37.4 Å². The Morgan fingerprint density at radius 1 is 1.33 bits per heavy atom. The molecule has 92 valence electrons. The fourth-order valence-corrected chi connectivity index (χ4v) is 1.98. The second-order valence-electron chi connectivity index (χ2n) is 4.60. The predicted molar refractivity (Wildman–Crippen MR) is 72.1 cm³/mol. The van der Waals surface area contributed by atoms with Crippen LogP contribution in [0.25, 0.3) is 11.3 Å². The molecule has 2 rings (SSSR count). The van der Waals surface area contributed by atoms with Crippen LogP contribution in [0, 0.1) is 11.3 Å². The van der Waals surface area contributed by atoms with Crippen molar-refractivity contribution in [1.29, 1.82) is 5.26 Å². The van der Waals surface area contributed by atoms with Gasteiger partial charge in [-0.05, 0) is 17.9 Å². The van der Waals surface area contributed by atoms with E-state index in [-0.39, 0.29) is 0 Å². The molecular formula is C15H17N3. The van der Waals surface area contributed by atoms with Gasteiger partial charge in [0.2, 0.25) is 0 Å². The lowest BCUT2D eigenvalue weighted by Gasteiger charge is -2.09. The van der Waals surface area contributed by atoms with Crippen molar-refractivity contribution in [2.75, 3.05) is 0 Å². The first kappa shape index (κ1) is 12.4. The normalized spacial score (nSPS) is 12.1. The first-order chi connectivity index (χ1) is 8.67. The van der Waals surface area contributed by atoms with E-state index in [1.54, 1.807) is 10.9 Å². The molecule has 0 saturated carbocycles. The summed E-state index contributed by atoms with van der Waals surface area (Å²) < 4.78 is 1.75. The van der Waals surface area contributed by atoms with Crippen molar-refractivity contribution in [3.8, 4) is 17.3 Å². The molecule has 3 nitrogen and oxygen atoms in total. The third kappa shape index (κ3) is 2.14. The molecule has 1 aromatic heterocycles. The fourth-order valence-electron chi connectivity index (χ4n) is 1.98. The van der Waals surface area contributed by atoms with Crippen LogP contribution in [-0.4, -0.2) is 9.55 Å². The van der Waals surface area contributed by atoms with Gasteiger partial charge in [0.1, 0.15) is 17.5 Å². The average Bonchev–Trinajstić information content (AvgIpc) is 2.79. The topological polar surface area (TPSA) is 41.6 Å². The summed E-state index contributed by atoms with van der Waals surface area (Å²) in [6.07, 6.45) is 2.81. The van der Waals surface area contributed by atoms with Crippen molar-refractivity contribution < 1.29 is 0 Å². The molecule has 0 spiro atoms. The molecule has 18 heavy (non-hydrogen) atoms. The maximum Gasteiger partial charge on any atom is 0.147 e. The summed E-state index contributed by atoms with van der Waals surface area (Å²) in [5.41, 5.74) is 3.69. The van der Waals surface area contributed by atoms with Crippen LogP contribution < -0.4 is 0 Å². The molecule has 1 aromatic carbocycles. The maximum atomic E-state index is 9.12. The van der Waals surface area contributed by atoms with Crippen LogP contribution in [0.5, 0.6) is 0 Å². The van der Waals surface area contributed by atoms with Crippen LogP contribution in [0.15, 0.2) is 30.6 Å². The smallest absolute Gasteiger partial charge is 0.147 e. The second-order valence-corrected chi connectivity index (χ2v) is 4.60. The Kier molecular flexibility index (Phi) is 3.47. The van der Waals surface area contributed by atoms with Gasteiger partial charge in [0.25, 0.3) is 0 Å². The van der Waals surface area contributed by atoms with E-state index in [1.165, 1.54) is 5.56 Å². The van der Waals surface area contributed by atoms with Crippen LogP contribution in [0.4, 0.5) is 0 Å². The second kappa shape index (κ2) is 5.05. The largest absolute Gasteiger partial charge is 0.325 e. The minimum atomic E-state index is 0.568. The highest BCUT2D eigenvalue weighted by Crippen LogP contribution is 2.25. The molecule has 0 bridgehead atoms. The van der Waals surface area contributed by atoms with E-state index >= 15 is 0 Å². The lowest BCUT2D eigenvalue weighted by Crippen LogP contribution is -1.93. The Hall–Kier alpha value is -2.08. The lowest BCUT2D eigenvalue weighted by atomic mass is 9.97. The van der Waals surface area contributed by atoms with Gasteiger partial charge in [-0.2, -0.15) is 5.26 Å². The number of rotatable bonds is 3. The Morgan fingerprint density at radius 3 is 2.56 bits per heavy atom. The zero-order valence-electron chi connectivity index (χ0n) is 11.0. The summed E-state index contributed by atoms with van der Waals surface area (Å²) in [5, 5.41) is 9.12. The van der Waals surface area contributed by atoms with Crippen molar-refractivity contribution in [3.05, 3.63) is 41.9 Å². The van der Waals surface area contributed by atoms with Crippen LogP contribution >= 0.6 is 0 Å². The van der Waals surface area contributed by atoms with Crippen LogP contribution in [-0.2, 0) is 7.05 Å². The quantitative estimate of drug-likeness (QED) is 0.823. The van der Waals surface area contributed by atoms with Gasteiger partial charge in [-0.25, -0.2) is 4.98 Å². The Balaban J connectivity index is 2.38. The van der Waals surface area contributed by atoms with Crippen LogP contribution in [0.2, 0.25) is 0 Å². The van der Waals surface area contributed by atoms with Crippen molar-refractivity contribution in [3.63, 3.8) is 0 Å². The summed E-state index contributed by atoms with van der Waals surface area (Å²) in [6, 6.07) is 10.5. The SMILES string of the molecule is CCC(C)c1ccc(-c2ncn(C)c2C#N)cc1. The molecule has 0 radical (unpaired) electrons. The highest BCUT2D eigenvalue weighted by molar-refractivity contribution is 5.65. The molecular weight excluding hydrogens is 222 g/mol. The van der Waals surface area contributed by atoms with E-state index in [0.29, 0.717) is 11.6 Å². The fraction of sp³-hybridized carbons (Fsp3) is 0.333. The number of hydrogen-bond acceptors (Lipinski definition) is 2. The molecule has 0 amide bonds. The van der Waals surface area contributed by atoms with E-state index in [0.717, 1.165) is 17.7 Å². The van der Waals surface area contributed by atoms with Gasteiger partial charge in [0.15, 0.2) is 0 Å². The van der Waals surface area contributed by atoms with Gasteiger partial charge >= 0.3 is 0 Å². The number of nitriles is 1. The molecule has 0 aliphatic heterocycles. The monoisotopic (exact) mass is 239 g/mol. The first-order valence-electron chi connectivity index (χ1n) is 6.19. The summed E-state index contributed by atoms with van der Waals surface area (Å²) in [7, 11) is 1.84. The van der Waals surface area contributed by atoms with Crippen molar-refractivity contribution in [1.82, 2.24) is 9.55 Å². The van der Waals surface area contributed by atoms with Gasteiger partial charge in [-0.15, -0.1) is 0 Å². The summed E-state index contributed by atoms with van der Waals surface area (Å²) in [4.78, 5) is 4.29. The molecule has 0 saturated heterocycles. The standard InChI is InChI=1S/C15H17N3/c1-4-11(2)12-5-7-13(8-6-12)15-14(9-16)18(3)10-17-15/h5-8,10-11H,4H2,1-3H3. The Bertz CT molecular complexity index is 573. The predicted octanol–water partition coefficient (Wildman–Crippen LogP) is 3.47. The lowest BCUT2D eigenvalue weighted by molar-refractivity contribution is 0.734. The summed E-state index contributed by atoms with van der Waals surface area (Å²) in [6.45, 7) is 4.40. The molecule has 3 heteroatoms. The highest BCUT2D eigenvalue weighted by atomic mass is 15.0. The summed E-state index contributed by atoms with van der Waals surface area (Å²) in [5.74, 6) is 0.568. The van der Waals surface area contributed by atoms with E-state index < -0.39 is 0 Å². The number of aromatic nitrogens is 2. The molecule has 0 aliphatic carbocycles. The number of imidazole rings is 1. The van der Waals surface area contributed by atoms with E-state index in [4.69, 9.17) is 5.26 Å². The number of nitrogens with zero attached hydrogens (tertiary/aromatic N) is 3. The molecule has 1 heterocycles. The van der Waals surface area contributed by atoms with E-state index in [1.807, 2.05) is 19.2 Å². The number of benzene rings is 1. The minimum Gasteiger partial charge on any atom is -0.325 e. The molecule has 1 atom stereocenters. The van der Waals surface area contributed by atoms with Gasteiger partial charge in [0, 0.05) is 12.6 Å². The van der Waals surface area contributed by atoms with E-state index in [9.17, 15) is 0 Å². The van der Waals surface area contributed by atoms with Gasteiger partial charge < -0.3 is 4.57 Å². The van der Waals surface area contributed by atoms with Gasteiger partial charge in [0.05, 0.1) is 6.33 Å². The van der Waals surface area contributed by atoms with Crippen LogP contribution in [0.3, 0.4) is 0 Å². The molecule has 1 unspecified atom stereocenters. The van der Waals surface area contributed by atoms with Gasteiger partial charge in [-0.3, -0.25) is 0 Å². The third-order valence-electron chi connectivity index (χ3n) is 3.41. The van der Waals surface area contributed by atoms with Gasteiger partial charge in [-0.1, -0.05) is 38.1 Å². The number of hydrogen-bond donors (Lipinski definition) is 0. The minimum absolute atomic E-state index is 0.568. The Labute approximate surface area is 108 Å². The summed E-state index contributed by atoms with van der Waals surface area (Å²) >= 11 is 0. The number of aryl methyl sites for hydroxylation is 1. The van der Waals surface area contributed by atoms with Crippen molar-refractivity contribution in [2.24, 2.45) is 7.05 Å². The average molecular weight is 239 g/mol. The molecule has 0 aliphatic rings. The third-order valence-corrected chi connectivity index (χ3v) is 3.41. The highest BCUT2D eigenvalue weighted by Gasteiger charge is 2.11. The van der Waals surface area contributed by atoms with Crippen molar-refractivity contribution >= 4 is 0 Å². The zero-order chi connectivity index (χ0) is 13.1. The molecule has 0 N–H and O–H groups in total. The van der Waals surface area contributed by atoms with Crippen molar-refractivity contribution in [2.45, 2.75) is 26.2 Å². The zero-order valence-corrected chi connectivity index (χ0v) is 11.0. The molecule has 2 aromatic rings. The molecule has 0 fully saturated rings. The Morgan fingerprint density at radius 2 is 2.00 bits per heavy atom. The maximum absolute atomic E-state index is 9.12. The van der Waals surface area contributed by atoms with E-state index in [2.05, 4.69) is 37.0 Å².